The molecule has 0 unspecified atom stereocenters. The van der Waals surface area contributed by atoms with Gasteiger partial charge in [0, 0.05) is 17.3 Å². The van der Waals surface area contributed by atoms with Crippen molar-refractivity contribution in [1.82, 2.24) is 0 Å². The molecule has 2 N–H and O–H groups in total. The molecule has 3 aromatic rings. The van der Waals surface area contributed by atoms with Gasteiger partial charge in [-0.25, -0.2) is 0 Å². The van der Waals surface area contributed by atoms with Crippen LogP contribution in [0.1, 0.15) is 25.0 Å². The Morgan fingerprint density at radius 3 is 2.19 bits per heavy atom. The molecule has 1 aliphatic rings. The summed E-state index contributed by atoms with van der Waals surface area (Å²) in [4.78, 5) is 13.2. The summed E-state index contributed by atoms with van der Waals surface area (Å²) in [6.45, 7) is 4.83. The molecule has 0 aromatic heterocycles. The SMILES string of the molecule is CCOc1cc2c(cc1OCC)/C(=C(/Nc1ccc(OC)cc1)c1ccccc1)C(=O)N2. The highest BCUT2D eigenvalue weighted by Gasteiger charge is 2.30. The van der Waals surface area contributed by atoms with E-state index >= 15 is 0 Å². The van der Waals surface area contributed by atoms with E-state index < -0.39 is 0 Å². The third kappa shape index (κ3) is 4.25. The Morgan fingerprint density at radius 1 is 0.906 bits per heavy atom. The van der Waals surface area contributed by atoms with Gasteiger partial charge in [0.05, 0.1) is 37.3 Å². The molecule has 3 aromatic carbocycles. The predicted octanol–water partition coefficient (Wildman–Crippen LogP) is 5.43. The first-order valence-corrected chi connectivity index (χ1v) is 10.6. The van der Waals surface area contributed by atoms with Crippen molar-refractivity contribution in [3.63, 3.8) is 0 Å². The number of ether oxygens (including phenoxy) is 3. The molecule has 1 heterocycles. The Morgan fingerprint density at radius 2 is 1.56 bits per heavy atom. The third-order valence-corrected chi connectivity index (χ3v) is 5.10. The molecule has 0 fully saturated rings. The number of benzene rings is 3. The van der Waals surface area contributed by atoms with E-state index in [-0.39, 0.29) is 5.91 Å². The zero-order chi connectivity index (χ0) is 22.5. The van der Waals surface area contributed by atoms with Crippen molar-refractivity contribution < 1.29 is 19.0 Å². The van der Waals surface area contributed by atoms with Crippen molar-refractivity contribution in [3.05, 3.63) is 77.9 Å². The maximum absolute atomic E-state index is 13.2. The summed E-state index contributed by atoms with van der Waals surface area (Å²) in [7, 11) is 1.63. The third-order valence-electron chi connectivity index (χ3n) is 5.10. The van der Waals surface area contributed by atoms with Gasteiger partial charge in [-0.1, -0.05) is 30.3 Å². The number of hydrogen-bond donors (Lipinski definition) is 2. The number of amides is 1. The lowest BCUT2D eigenvalue weighted by atomic mass is 9.99. The van der Waals surface area contributed by atoms with Gasteiger partial charge in [-0.05, 0) is 49.7 Å². The van der Waals surface area contributed by atoms with Crippen molar-refractivity contribution in [1.29, 1.82) is 0 Å². The summed E-state index contributed by atoms with van der Waals surface area (Å²) in [5.41, 5.74) is 4.45. The second-order valence-corrected chi connectivity index (χ2v) is 7.13. The van der Waals surface area contributed by atoms with E-state index in [1.165, 1.54) is 0 Å². The fourth-order valence-corrected chi connectivity index (χ4v) is 3.66. The van der Waals surface area contributed by atoms with Crippen LogP contribution >= 0.6 is 0 Å². The molecule has 1 amide bonds. The van der Waals surface area contributed by atoms with E-state index in [1.54, 1.807) is 7.11 Å². The Labute approximate surface area is 187 Å². The molecule has 6 nitrogen and oxygen atoms in total. The van der Waals surface area contributed by atoms with Gasteiger partial charge in [-0.2, -0.15) is 0 Å². The normalized spacial score (nSPS) is 13.8. The van der Waals surface area contributed by atoms with Crippen molar-refractivity contribution >= 4 is 28.6 Å². The quantitative estimate of drug-likeness (QED) is 0.467. The van der Waals surface area contributed by atoms with Crippen LogP contribution in [0.3, 0.4) is 0 Å². The Balaban J connectivity index is 1.87. The molecular formula is C26H26N2O4. The molecule has 0 bridgehead atoms. The second-order valence-electron chi connectivity index (χ2n) is 7.13. The van der Waals surface area contributed by atoms with E-state index in [9.17, 15) is 4.79 Å². The summed E-state index contributed by atoms with van der Waals surface area (Å²) in [6.07, 6.45) is 0. The van der Waals surface area contributed by atoms with Crippen LogP contribution in [0, 0.1) is 0 Å². The van der Waals surface area contributed by atoms with Gasteiger partial charge in [0.1, 0.15) is 5.75 Å². The monoisotopic (exact) mass is 430 g/mol. The fraction of sp³-hybridized carbons (Fsp3) is 0.192. The van der Waals surface area contributed by atoms with Gasteiger partial charge >= 0.3 is 0 Å². The van der Waals surface area contributed by atoms with Crippen LogP contribution in [-0.2, 0) is 4.79 Å². The van der Waals surface area contributed by atoms with Gasteiger partial charge in [0.25, 0.3) is 5.91 Å². The van der Waals surface area contributed by atoms with Gasteiger partial charge in [-0.15, -0.1) is 0 Å². The van der Waals surface area contributed by atoms with Crippen LogP contribution in [0.2, 0.25) is 0 Å². The van der Waals surface area contributed by atoms with E-state index in [4.69, 9.17) is 14.2 Å². The number of fused-ring (bicyclic) bond motifs is 1. The first-order chi connectivity index (χ1) is 15.6. The van der Waals surface area contributed by atoms with E-state index in [1.807, 2.05) is 80.6 Å². The smallest absolute Gasteiger partial charge is 0.258 e. The molecule has 0 saturated heterocycles. The maximum atomic E-state index is 13.2. The standard InChI is InChI=1S/C26H26N2O4/c1-4-31-22-15-20-21(16-23(22)32-5-2)28-26(29)24(20)25(17-9-7-6-8-10-17)27-18-11-13-19(30-3)14-12-18/h6-16,27H,4-5H2,1-3H3,(H,28,29)/b25-24-. The summed E-state index contributed by atoms with van der Waals surface area (Å²) in [6, 6.07) is 21.1. The maximum Gasteiger partial charge on any atom is 0.258 e. The molecule has 6 heteroatoms. The number of methoxy groups -OCH3 is 1. The summed E-state index contributed by atoms with van der Waals surface area (Å²) >= 11 is 0. The van der Waals surface area contributed by atoms with Crippen LogP contribution in [-0.4, -0.2) is 26.2 Å². The number of carbonyl (C=O) groups excluding carboxylic acids is 1. The molecule has 4 rings (SSSR count). The van der Waals surface area contributed by atoms with Crippen LogP contribution in [0.4, 0.5) is 11.4 Å². The van der Waals surface area contributed by atoms with Crippen LogP contribution in [0.25, 0.3) is 11.3 Å². The minimum absolute atomic E-state index is 0.184. The van der Waals surface area contributed by atoms with Gasteiger partial charge in [0.15, 0.2) is 11.5 Å². The largest absolute Gasteiger partial charge is 0.497 e. The Bertz CT molecular complexity index is 1140. The lowest BCUT2D eigenvalue weighted by molar-refractivity contribution is -0.110. The summed E-state index contributed by atoms with van der Waals surface area (Å²) in [5, 5.41) is 6.42. The van der Waals surface area contributed by atoms with Crippen molar-refractivity contribution in [2.75, 3.05) is 31.0 Å². The summed E-state index contributed by atoms with van der Waals surface area (Å²) in [5.74, 6) is 1.80. The molecule has 1 aliphatic heterocycles. The van der Waals surface area contributed by atoms with Crippen molar-refractivity contribution in [3.8, 4) is 17.2 Å². The molecule has 0 spiro atoms. The lowest BCUT2D eigenvalue weighted by Crippen LogP contribution is -2.10. The highest BCUT2D eigenvalue weighted by Crippen LogP contribution is 2.43. The molecule has 32 heavy (non-hydrogen) atoms. The van der Waals surface area contributed by atoms with Crippen molar-refractivity contribution in [2.45, 2.75) is 13.8 Å². The summed E-state index contributed by atoms with van der Waals surface area (Å²) < 4.78 is 16.8. The molecular weight excluding hydrogens is 404 g/mol. The molecule has 0 saturated carbocycles. The van der Waals surface area contributed by atoms with Gasteiger partial charge in [0.2, 0.25) is 0 Å². The average molecular weight is 431 g/mol. The first kappa shape index (κ1) is 21.3. The lowest BCUT2D eigenvalue weighted by Gasteiger charge is -2.16. The fourth-order valence-electron chi connectivity index (χ4n) is 3.66. The minimum atomic E-state index is -0.184. The highest BCUT2D eigenvalue weighted by molar-refractivity contribution is 6.37. The first-order valence-electron chi connectivity index (χ1n) is 10.6. The van der Waals surface area contributed by atoms with Crippen molar-refractivity contribution in [2.24, 2.45) is 0 Å². The van der Waals surface area contributed by atoms with E-state index in [0.29, 0.717) is 41.7 Å². The number of nitrogens with one attached hydrogen (secondary N) is 2. The van der Waals surface area contributed by atoms with Crippen LogP contribution in [0.5, 0.6) is 17.2 Å². The van der Waals surface area contributed by atoms with E-state index in [0.717, 1.165) is 22.6 Å². The molecule has 0 atom stereocenters. The van der Waals surface area contributed by atoms with Gasteiger partial charge < -0.3 is 24.8 Å². The highest BCUT2D eigenvalue weighted by atomic mass is 16.5. The number of carbonyl (C=O) groups is 1. The average Bonchev–Trinajstić information content (AvgIpc) is 3.13. The zero-order valence-electron chi connectivity index (χ0n) is 18.4. The van der Waals surface area contributed by atoms with Gasteiger partial charge in [-0.3, -0.25) is 4.79 Å². The molecule has 164 valence electrons. The second kappa shape index (κ2) is 9.47. The molecule has 0 aliphatic carbocycles. The Hall–Kier alpha value is -3.93. The van der Waals surface area contributed by atoms with Crippen LogP contribution < -0.4 is 24.8 Å². The number of anilines is 2. The van der Waals surface area contributed by atoms with Crippen LogP contribution in [0.15, 0.2) is 66.7 Å². The minimum Gasteiger partial charge on any atom is -0.497 e. The topological polar surface area (TPSA) is 68.8 Å². The zero-order valence-corrected chi connectivity index (χ0v) is 18.4. The predicted molar refractivity (Wildman–Crippen MR) is 127 cm³/mol. The van der Waals surface area contributed by atoms with E-state index in [2.05, 4.69) is 10.6 Å². The Kier molecular flexibility index (Phi) is 6.31. The number of hydrogen-bond acceptors (Lipinski definition) is 5. The number of rotatable bonds is 8. The molecule has 0 radical (unpaired) electrons.